The zero-order chi connectivity index (χ0) is 14.4. The van der Waals surface area contributed by atoms with E-state index >= 15 is 0 Å². The van der Waals surface area contributed by atoms with Gasteiger partial charge in [0.05, 0.1) is 0 Å². The monoisotopic (exact) mass is 352 g/mol. The maximum Gasteiger partial charge on any atom is 0.148 e. The number of hydrogen-bond acceptors (Lipinski definition) is 1. The highest BCUT2D eigenvalue weighted by Gasteiger charge is 2.16. The lowest BCUT2D eigenvalue weighted by molar-refractivity contribution is 0.572. The molecule has 0 saturated carbocycles. The highest BCUT2D eigenvalue weighted by Crippen LogP contribution is 2.55. The van der Waals surface area contributed by atoms with Gasteiger partial charge in [-0.05, 0) is 28.3 Å². The van der Waals surface area contributed by atoms with Crippen LogP contribution in [0.25, 0.3) is 0 Å². The Bertz CT molecular complexity index is 211. The standard InChI is InChI=1S/C16H34BrOP/c1-3-5-7-9-11-13-15-19(17,18)16-14-12-10-8-6-4-2/h3-16H2,1-2H3. The fourth-order valence-corrected chi connectivity index (χ4v) is 5.49. The summed E-state index contributed by atoms with van der Waals surface area (Å²) in [6.45, 7) is 4.49. The summed E-state index contributed by atoms with van der Waals surface area (Å²) in [5.74, 6) is -1.99. The van der Waals surface area contributed by atoms with Gasteiger partial charge >= 0.3 is 0 Å². The summed E-state index contributed by atoms with van der Waals surface area (Å²) in [6.07, 6.45) is 17.2. The Hall–Kier alpha value is 0.710. The first-order valence-electron chi connectivity index (χ1n) is 8.40. The van der Waals surface area contributed by atoms with Gasteiger partial charge in [0.15, 0.2) is 0 Å². The minimum atomic E-state index is -1.99. The van der Waals surface area contributed by atoms with Crippen molar-refractivity contribution in [3.8, 4) is 0 Å². The van der Waals surface area contributed by atoms with E-state index in [0.717, 1.165) is 25.2 Å². The summed E-state index contributed by atoms with van der Waals surface area (Å²) in [4.78, 5) is 0. The summed E-state index contributed by atoms with van der Waals surface area (Å²) in [6, 6.07) is 0. The molecule has 0 aliphatic carbocycles. The van der Waals surface area contributed by atoms with E-state index in [2.05, 4.69) is 29.3 Å². The minimum absolute atomic E-state index is 0.911. The zero-order valence-electron chi connectivity index (χ0n) is 13.1. The molecule has 0 rings (SSSR count). The van der Waals surface area contributed by atoms with E-state index in [1.54, 1.807) is 0 Å². The molecule has 3 heteroatoms. The Morgan fingerprint density at radius 3 is 1.32 bits per heavy atom. The lowest BCUT2D eigenvalue weighted by Gasteiger charge is -2.10. The molecule has 0 saturated heterocycles. The largest absolute Gasteiger partial charge is 0.312 e. The molecule has 116 valence electrons. The van der Waals surface area contributed by atoms with Gasteiger partial charge in [0.1, 0.15) is 5.84 Å². The second-order valence-corrected chi connectivity index (χ2v) is 12.1. The van der Waals surface area contributed by atoms with Crippen molar-refractivity contribution in [3.05, 3.63) is 0 Å². The van der Waals surface area contributed by atoms with E-state index in [-0.39, 0.29) is 0 Å². The van der Waals surface area contributed by atoms with Crippen LogP contribution in [-0.4, -0.2) is 12.3 Å². The van der Waals surface area contributed by atoms with E-state index in [4.69, 9.17) is 0 Å². The van der Waals surface area contributed by atoms with E-state index < -0.39 is 5.84 Å². The highest BCUT2D eigenvalue weighted by molar-refractivity contribution is 9.40. The van der Waals surface area contributed by atoms with Gasteiger partial charge in [0, 0.05) is 12.3 Å². The lowest BCUT2D eigenvalue weighted by atomic mass is 10.1. The van der Waals surface area contributed by atoms with Crippen LogP contribution in [0.3, 0.4) is 0 Å². The van der Waals surface area contributed by atoms with Crippen molar-refractivity contribution >= 4 is 21.3 Å². The van der Waals surface area contributed by atoms with Crippen molar-refractivity contribution in [3.63, 3.8) is 0 Å². The van der Waals surface area contributed by atoms with Crippen molar-refractivity contribution in [2.45, 2.75) is 90.9 Å². The third-order valence-corrected chi connectivity index (χ3v) is 7.79. The van der Waals surface area contributed by atoms with Gasteiger partial charge in [-0.3, -0.25) is 0 Å². The van der Waals surface area contributed by atoms with Gasteiger partial charge in [-0.1, -0.05) is 78.1 Å². The molecule has 0 unspecified atom stereocenters. The second-order valence-electron chi connectivity index (χ2n) is 5.77. The molecule has 19 heavy (non-hydrogen) atoms. The van der Waals surface area contributed by atoms with Crippen molar-refractivity contribution in [1.82, 2.24) is 0 Å². The van der Waals surface area contributed by atoms with E-state index in [1.807, 2.05) is 0 Å². The molecule has 0 fully saturated rings. The third kappa shape index (κ3) is 14.9. The smallest absolute Gasteiger partial charge is 0.148 e. The van der Waals surface area contributed by atoms with Gasteiger partial charge in [-0.2, -0.15) is 0 Å². The van der Waals surface area contributed by atoms with Gasteiger partial charge in [-0.15, -0.1) is 0 Å². The molecule has 0 aliphatic rings. The molecule has 0 spiro atoms. The SMILES string of the molecule is CCCCCCCCP(=O)(Br)CCCCCCCC. The average molecular weight is 353 g/mol. The Morgan fingerprint density at radius 2 is 0.947 bits per heavy atom. The Kier molecular flexibility index (Phi) is 14.2. The molecule has 0 aromatic rings. The van der Waals surface area contributed by atoms with E-state index in [1.165, 1.54) is 64.2 Å². The van der Waals surface area contributed by atoms with Gasteiger partial charge in [0.2, 0.25) is 0 Å². The summed E-state index contributed by atoms with van der Waals surface area (Å²) < 4.78 is 12.3. The molecular weight excluding hydrogens is 319 g/mol. The molecule has 0 radical (unpaired) electrons. The van der Waals surface area contributed by atoms with Crippen LogP contribution in [0, 0.1) is 0 Å². The van der Waals surface area contributed by atoms with Crippen molar-refractivity contribution in [2.75, 3.05) is 12.3 Å². The third-order valence-electron chi connectivity index (χ3n) is 3.69. The van der Waals surface area contributed by atoms with Crippen LogP contribution < -0.4 is 0 Å². The Morgan fingerprint density at radius 1 is 0.632 bits per heavy atom. The van der Waals surface area contributed by atoms with Crippen molar-refractivity contribution < 1.29 is 4.57 Å². The Labute approximate surface area is 129 Å². The van der Waals surface area contributed by atoms with Crippen molar-refractivity contribution in [1.29, 1.82) is 0 Å². The average Bonchev–Trinajstić information content (AvgIpc) is 2.38. The number of unbranched alkanes of at least 4 members (excludes halogenated alkanes) is 10. The second kappa shape index (κ2) is 13.7. The molecular formula is C16H34BrOP. The molecule has 0 heterocycles. The molecule has 0 bridgehead atoms. The van der Waals surface area contributed by atoms with Crippen LogP contribution in [0.1, 0.15) is 90.9 Å². The molecule has 0 aromatic heterocycles. The van der Waals surface area contributed by atoms with E-state index in [9.17, 15) is 4.57 Å². The predicted molar refractivity (Wildman–Crippen MR) is 93.0 cm³/mol. The summed E-state index contributed by atoms with van der Waals surface area (Å²) >= 11 is 3.50. The van der Waals surface area contributed by atoms with Crippen molar-refractivity contribution in [2.24, 2.45) is 0 Å². The highest BCUT2D eigenvalue weighted by atomic mass is 79.9. The molecule has 0 aliphatic heterocycles. The lowest BCUT2D eigenvalue weighted by Crippen LogP contribution is -1.91. The number of hydrogen-bond donors (Lipinski definition) is 0. The first-order valence-corrected chi connectivity index (χ1v) is 12.5. The normalized spacial score (nSPS) is 11.9. The first kappa shape index (κ1) is 19.7. The van der Waals surface area contributed by atoms with Crippen LogP contribution in [0.15, 0.2) is 0 Å². The molecule has 0 aromatic carbocycles. The van der Waals surface area contributed by atoms with Gasteiger partial charge < -0.3 is 4.57 Å². The summed E-state index contributed by atoms with van der Waals surface area (Å²) in [7, 11) is 0. The molecule has 0 atom stereocenters. The fraction of sp³-hybridized carbons (Fsp3) is 1.00. The first-order chi connectivity index (χ1) is 9.12. The number of rotatable bonds is 14. The molecule has 1 nitrogen and oxygen atoms in total. The van der Waals surface area contributed by atoms with Crippen LogP contribution >= 0.6 is 21.3 Å². The molecule has 0 amide bonds. The minimum Gasteiger partial charge on any atom is -0.312 e. The van der Waals surface area contributed by atoms with E-state index in [0.29, 0.717) is 0 Å². The van der Waals surface area contributed by atoms with Crippen LogP contribution in [0.4, 0.5) is 0 Å². The maximum absolute atomic E-state index is 12.3. The van der Waals surface area contributed by atoms with Crippen LogP contribution in [-0.2, 0) is 4.57 Å². The van der Waals surface area contributed by atoms with Gasteiger partial charge in [0.25, 0.3) is 0 Å². The number of halogens is 1. The van der Waals surface area contributed by atoms with Crippen LogP contribution in [0.5, 0.6) is 0 Å². The quantitative estimate of drug-likeness (QED) is 0.235. The van der Waals surface area contributed by atoms with Gasteiger partial charge in [-0.25, -0.2) is 0 Å². The zero-order valence-corrected chi connectivity index (χ0v) is 15.6. The Balaban J connectivity index is 3.39. The topological polar surface area (TPSA) is 17.1 Å². The summed E-state index contributed by atoms with van der Waals surface area (Å²) in [5.41, 5.74) is 0. The summed E-state index contributed by atoms with van der Waals surface area (Å²) in [5, 5.41) is 0. The van der Waals surface area contributed by atoms with Crippen LogP contribution in [0.2, 0.25) is 0 Å². The molecule has 0 N–H and O–H groups in total. The predicted octanol–water partition coefficient (Wildman–Crippen LogP) is 7.38. The maximum atomic E-state index is 12.3. The fourth-order valence-electron chi connectivity index (χ4n) is 2.37.